The molecule has 162 valence electrons. The molecule has 0 aromatic heterocycles. The molecule has 31 heavy (non-hydrogen) atoms. The number of amides is 1. The fourth-order valence-corrected chi connectivity index (χ4v) is 4.97. The van der Waals surface area contributed by atoms with E-state index in [-0.39, 0.29) is 12.5 Å². The van der Waals surface area contributed by atoms with Crippen LogP contribution in [0.1, 0.15) is 18.1 Å². The maximum absolute atomic E-state index is 13.1. The first-order chi connectivity index (χ1) is 14.8. The molecule has 3 rings (SSSR count). The second kappa shape index (κ2) is 10.5. The van der Waals surface area contributed by atoms with Crippen molar-refractivity contribution in [3.8, 4) is 11.5 Å². The van der Waals surface area contributed by atoms with Crippen molar-refractivity contribution in [3.05, 3.63) is 56.0 Å². The van der Waals surface area contributed by atoms with E-state index in [1.165, 1.54) is 18.9 Å². The monoisotopic (exact) mass is 569 g/mol. The maximum atomic E-state index is 13.1. The summed E-state index contributed by atoms with van der Waals surface area (Å²) >= 11 is 8.84. The Morgan fingerprint density at radius 1 is 1.26 bits per heavy atom. The van der Waals surface area contributed by atoms with Crippen LogP contribution >= 0.6 is 46.6 Å². The summed E-state index contributed by atoms with van der Waals surface area (Å²) in [6.07, 6.45) is 1.78. The molecule has 2 aromatic carbocycles. The minimum Gasteiger partial charge on any atom is -0.490 e. The molecule has 1 amide bonds. The molecule has 0 atom stereocenters. The van der Waals surface area contributed by atoms with Gasteiger partial charge in [0.05, 0.1) is 27.9 Å². The number of esters is 1. The normalized spacial score (nSPS) is 14.8. The Morgan fingerprint density at radius 3 is 2.68 bits per heavy atom. The molecule has 0 aliphatic carbocycles. The van der Waals surface area contributed by atoms with Crippen molar-refractivity contribution in [2.45, 2.75) is 13.8 Å². The zero-order chi connectivity index (χ0) is 22.5. The van der Waals surface area contributed by atoms with Gasteiger partial charge >= 0.3 is 5.97 Å². The van der Waals surface area contributed by atoms with Crippen LogP contribution < -0.4 is 14.4 Å². The molecule has 0 unspecified atom stereocenters. The van der Waals surface area contributed by atoms with Gasteiger partial charge in [-0.15, -0.1) is 0 Å². The molecule has 9 heteroatoms. The molecule has 0 saturated carbocycles. The number of carbonyl (C=O) groups excluding carboxylic acids is 2. The van der Waals surface area contributed by atoms with Crippen LogP contribution in [0.25, 0.3) is 6.08 Å². The Hall–Kier alpha value is -2.11. The van der Waals surface area contributed by atoms with Crippen molar-refractivity contribution in [1.29, 1.82) is 0 Å². The lowest BCUT2D eigenvalue weighted by Gasteiger charge is -2.16. The zero-order valence-electron chi connectivity index (χ0n) is 17.1. The van der Waals surface area contributed by atoms with Gasteiger partial charge in [0.2, 0.25) is 0 Å². The number of aryl methyl sites for hydroxylation is 1. The number of rotatable bonds is 7. The molecule has 1 aliphatic heterocycles. The highest BCUT2D eigenvalue weighted by atomic mass is 127. The van der Waals surface area contributed by atoms with E-state index in [1.54, 1.807) is 17.0 Å². The van der Waals surface area contributed by atoms with Gasteiger partial charge in [-0.2, -0.15) is 0 Å². The Morgan fingerprint density at radius 2 is 2.00 bits per heavy atom. The largest absolute Gasteiger partial charge is 0.490 e. The van der Waals surface area contributed by atoms with Crippen LogP contribution in [0.4, 0.5) is 5.69 Å². The highest BCUT2D eigenvalue weighted by Crippen LogP contribution is 2.39. The summed E-state index contributed by atoms with van der Waals surface area (Å²) in [6.45, 7) is 4.00. The molecule has 0 radical (unpaired) electrons. The van der Waals surface area contributed by atoms with Crippen LogP contribution in [0.15, 0.2) is 41.3 Å². The summed E-state index contributed by atoms with van der Waals surface area (Å²) < 4.78 is 17.2. The molecule has 1 fully saturated rings. The van der Waals surface area contributed by atoms with Gasteiger partial charge in [0, 0.05) is 0 Å². The van der Waals surface area contributed by atoms with E-state index in [9.17, 15) is 9.59 Å². The van der Waals surface area contributed by atoms with Crippen molar-refractivity contribution >= 4 is 74.5 Å². The Labute approximate surface area is 204 Å². The third-order valence-corrected chi connectivity index (χ3v) is 6.45. The number of ether oxygens (including phenoxy) is 3. The van der Waals surface area contributed by atoms with Gasteiger partial charge < -0.3 is 14.2 Å². The van der Waals surface area contributed by atoms with Crippen molar-refractivity contribution in [2.75, 3.05) is 25.2 Å². The standard InChI is InChI=1S/C22H20INO5S2/c1-4-28-17-10-14(9-15(23)20(17)29-12-19(25)27-3)11-18-21(26)24(22(30)31-18)16-8-6-5-7-13(16)2/h5-11H,4,12H2,1-3H3/b18-11+. The van der Waals surface area contributed by atoms with Crippen LogP contribution in [0.2, 0.25) is 0 Å². The van der Waals surface area contributed by atoms with Gasteiger partial charge in [0.1, 0.15) is 0 Å². The first kappa shape index (κ1) is 23.6. The van der Waals surface area contributed by atoms with Crippen LogP contribution in [0.5, 0.6) is 11.5 Å². The number of benzene rings is 2. The van der Waals surface area contributed by atoms with Crippen molar-refractivity contribution < 1.29 is 23.8 Å². The SMILES string of the molecule is CCOc1cc(/C=C2/SC(=S)N(c3ccccc3C)C2=O)cc(I)c1OCC(=O)OC. The highest BCUT2D eigenvalue weighted by Gasteiger charge is 2.34. The average molecular weight is 569 g/mol. The summed E-state index contributed by atoms with van der Waals surface area (Å²) in [5.41, 5.74) is 2.52. The molecule has 0 spiro atoms. The predicted molar refractivity (Wildman–Crippen MR) is 135 cm³/mol. The molecule has 0 bridgehead atoms. The quantitative estimate of drug-likeness (QED) is 0.202. The van der Waals surface area contributed by atoms with Gasteiger partial charge in [-0.1, -0.05) is 42.2 Å². The van der Waals surface area contributed by atoms with Crippen LogP contribution in [0.3, 0.4) is 0 Å². The fraction of sp³-hybridized carbons (Fsp3) is 0.227. The molecule has 2 aromatic rings. The first-order valence-electron chi connectivity index (χ1n) is 9.35. The van der Waals surface area contributed by atoms with E-state index in [1.807, 2.05) is 44.2 Å². The smallest absolute Gasteiger partial charge is 0.343 e. The van der Waals surface area contributed by atoms with Crippen molar-refractivity contribution in [2.24, 2.45) is 0 Å². The summed E-state index contributed by atoms with van der Waals surface area (Å²) in [6, 6.07) is 11.3. The lowest BCUT2D eigenvalue weighted by Crippen LogP contribution is -2.28. The minimum atomic E-state index is -0.484. The summed E-state index contributed by atoms with van der Waals surface area (Å²) in [7, 11) is 1.30. The third-order valence-electron chi connectivity index (χ3n) is 4.34. The van der Waals surface area contributed by atoms with E-state index < -0.39 is 5.97 Å². The topological polar surface area (TPSA) is 65.1 Å². The zero-order valence-corrected chi connectivity index (χ0v) is 20.9. The number of halogens is 1. The van der Waals surface area contributed by atoms with E-state index in [0.717, 1.165) is 20.4 Å². The fourth-order valence-electron chi connectivity index (χ4n) is 2.91. The van der Waals surface area contributed by atoms with Crippen molar-refractivity contribution in [3.63, 3.8) is 0 Å². The molecule has 0 N–H and O–H groups in total. The highest BCUT2D eigenvalue weighted by molar-refractivity contribution is 14.1. The number of para-hydroxylation sites is 1. The molecule has 1 aliphatic rings. The number of hydrogen-bond acceptors (Lipinski definition) is 7. The van der Waals surface area contributed by atoms with E-state index in [4.69, 9.17) is 21.7 Å². The molecular weight excluding hydrogens is 549 g/mol. The van der Waals surface area contributed by atoms with Gasteiger partial charge in [0.25, 0.3) is 5.91 Å². The number of nitrogens with zero attached hydrogens (tertiary/aromatic N) is 1. The summed E-state index contributed by atoms with van der Waals surface area (Å²) in [5.74, 6) is 0.293. The van der Waals surface area contributed by atoms with Gasteiger partial charge in [-0.25, -0.2) is 4.79 Å². The lowest BCUT2D eigenvalue weighted by molar-refractivity contribution is -0.142. The van der Waals surface area contributed by atoms with Crippen LogP contribution in [0, 0.1) is 10.5 Å². The minimum absolute atomic E-state index is 0.164. The molecule has 1 saturated heterocycles. The predicted octanol–water partition coefficient (Wildman–Crippen LogP) is 4.96. The maximum Gasteiger partial charge on any atom is 0.343 e. The molecular formula is C22H20INO5S2. The van der Waals surface area contributed by atoms with E-state index in [0.29, 0.717) is 27.3 Å². The number of anilines is 1. The van der Waals surface area contributed by atoms with Gasteiger partial charge in [-0.05, 0) is 71.8 Å². The Balaban J connectivity index is 1.92. The van der Waals surface area contributed by atoms with Crippen molar-refractivity contribution in [1.82, 2.24) is 0 Å². The van der Waals surface area contributed by atoms with E-state index in [2.05, 4.69) is 27.3 Å². The summed E-state index contributed by atoms with van der Waals surface area (Å²) in [4.78, 5) is 26.6. The number of carbonyl (C=O) groups is 2. The van der Waals surface area contributed by atoms with E-state index >= 15 is 0 Å². The molecule has 6 nitrogen and oxygen atoms in total. The van der Waals surface area contributed by atoms with Gasteiger partial charge in [-0.3, -0.25) is 9.69 Å². The Kier molecular flexibility index (Phi) is 7.95. The van der Waals surface area contributed by atoms with Crippen LogP contribution in [-0.2, 0) is 14.3 Å². The number of hydrogen-bond donors (Lipinski definition) is 0. The average Bonchev–Trinajstić information content (AvgIpc) is 3.00. The Bertz CT molecular complexity index is 1070. The number of thiocarbonyl (C=S) groups is 1. The third kappa shape index (κ3) is 5.39. The summed E-state index contributed by atoms with van der Waals surface area (Å²) in [5, 5.41) is 0. The lowest BCUT2D eigenvalue weighted by atomic mass is 10.1. The van der Waals surface area contributed by atoms with Crippen LogP contribution in [-0.4, -0.2) is 36.5 Å². The number of methoxy groups -OCH3 is 1. The second-order valence-electron chi connectivity index (χ2n) is 6.43. The van der Waals surface area contributed by atoms with Gasteiger partial charge in [0.15, 0.2) is 22.4 Å². The first-order valence-corrected chi connectivity index (χ1v) is 11.7. The number of thioether (sulfide) groups is 1. The second-order valence-corrected chi connectivity index (χ2v) is 9.27. The molecule has 1 heterocycles.